The van der Waals surface area contributed by atoms with E-state index in [1.165, 1.54) is 23.8 Å². The van der Waals surface area contributed by atoms with E-state index in [9.17, 15) is 14.4 Å². The van der Waals surface area contributed by atoms with Crippen LogP contribution in [0.1, 0.15) is 24.3 Å². The van der Waals surface area contributed by atoms with Gasteiger partial charge in [-0.25, -0.2) is 9.78 Å². The number of piperazine rings is 1. The highest BCUT2D eigenvalue weighted by Crippen LogP contribution is 2.29. The quantitative estimate of drug-likeness (QED) is 0.615. The summed E-state index contributed by atoms with van der Waals surface area (Å²) in [7, 11) is 1.27. The van der Waals surface area contributed by atoms with Gasteiger partial charge < -0.3 is 9.64 Å². The molecule has 2 heterocycles. The number of thiazole rings is 1. The first-order chi connectivity index (χ1) is 8.86. The maximum absolute atomic E-state index is 11.8. The van der Waals surface area contributed by atoms with Gasteiger partial charge in [-0.2, -0.15) is 0 Å². The second kappa shape index (κ2) is 4.61. The van der Waals surface area contributed by atoms with Gasteiger partial charge in [0.25, 0.3) is 5.91 Å². The second-order valence-electron chi connectivity index (χ2n) is 4.53. The Kier molecular flexibility index (Phi) is 3.27. The van der Waals surface area contributed by atoms with Gasteiger partial charge in [-0.3, -0.25) is 14.9 Å². The second-order valence-corrected chi connectivity index (χ2v) is 5.37. The molecular weight excluding hydrogens is 270 g/mol. The van der Waals surface area contributed by atoms with E-state index in [-0.39, 0.29) is 18.1 Å². The number of carbonyl (C=O) groups is 3. The van der Waals surface area contributed by atoms with Crippen molar-refractivity contribution in [3.05, 3.63) is 11.1 Å². The van der Waals surface area contributed by atoms with Crippen LogP contribution in [-0.2, 0) is 14.3 Å². The van der Waals surface area contributed by atoms with Gasteiger partial charge in [-0.15, -0.1) is 11.3 Å². The van der Waals surface area contributed by atoms with Crippen molar-refractivity contribution in [1.29, 1.82) is 0 Å². The van der Waals surface area contributed by atoms with Crippen LogP contribution in [0.2, 0.25) is 0 Å². The van der Waals surface area contributed by atoms with Crippen LogP contribution < -0.4 is 10.2 Å². The molecule has 0 aliphatic carbocycles. The predicted molar refractivity (Wildman–Crippen MR) is 68.0 cm³/mol. The minimum Gasteiger partial charge on any atom is -0.464 e. The zero-order valence-electron chi connectivity index (χ0n) is 10.7. The topological polar surface area (TPSA) is 88.6 Å². The average Bonchev–Trinajstić information content (AvgIpc) is 2.82. The molecule has 1 fully saturated rings. The highest BCUT2D eigenvalue weighted by atomic mass is 32.1. The Morgan fingerprint density at radius 1 is 1.53 bits per heavy atom. The van der Waals surface area contributed by atoms with E-state index in [1.807, 2.05) is 0 Å². The van der Waals surface area contributed by atoms with Crippen molar-refractivity contribution in [1.82, 2.24) is 10.3 Å². The molecule has 1 saturated heterocycles. The van der Waals surface area contributed by atoms with E-state index in [1.54, 1.807) is 18.7 Å². The third-order valence-electron chi connectivity index (χ3n) is 2.90. The van der Waals surface area contributed by atoms with Crippen LogP contribution in [-0.4, -0.2) is 42.0 Å². The Morgan fingerprint density at radius 3 is 2.84 bits per heavy atom. The van der Waals surface area contributed by atoms with Crippen molar-refractivity contribution in [3.63, 3.8) is 0 Å². The SMILES string of the molecule is COC(=O)c1csc(N2CC(=O)NC(=O)C2(C)C)n1. The van der Waals surface area contributed by atoms with Gasteiger partial charge in [0.15, 0.2) is 10.8 Å². The summed E-state index contributed by atoms with van der Waals surface area (Å²) in [5.41, 5.74) is -0.740. The molecule has 0 radical (unpaired) electrons. The van der Waals surface area contributed by atoms with Crippen LogP contribution in [0.15, 0.2) is 5.38 Å². The molecule has 0 atom stereocenters. The van der Waals surface area contributed by atoms with E-state index < -0.39 is 17.4 Å². The van der Waals surface area contributed by atoms with Crippen LogP contribution in [0.5, 0.6) is 0 Å². The van der Waals surface area contributed by atoms with Crippen LogP contribution in [0.3, 0.4) is 0 Å². The zero-order valence-corrected chi connectivity index (χ0v) is 11.5. The molecule has 0 bridgehead atoms. The summed E-state index contributed by atoms with van der Waals surface area (Å²) in [4.78, 5) is 40.3. The Bertz CT molecular complexity index is 552. The van der Waals surface area contributed by atoms with E-state index in [0.717, 1.165) is 0 Å². The fourth-order valence-electron chi connectivity index (χ4n) is 1.68. The highest BCUT2D eigenvalue weighted by Gasteiger charge is 2.42. The molecule has 1 aliphatic heterocycles. The van der Waals surface area contributed by atoms with Gasteiger partial charge in [0.2, 0.25) is 5.91 Å². The molecule has 0 unspecified atom stereocenters. The van der Waals surface area contributed by atoms with Crippen LogP contribution in [0, 0.1) is 0 Å². The number of hydrogen-bond donors (Lipinski definition) is 1. The Balaban J connectivity index is 2.34. The maximum Gasteiger partial charge on any atom is 0.357 e. The summed E-state index contributed by atoms with van der Waals surface area (Å²) in [5.74, 6) is -1.33. The van der Waals surface area contributed by atoms with Crippen molar-refractivity contribution < 1.29 is 19.1 Å². The lowest BCUT2D eigenvalue weighted by atomic mass is 10.00. The van der Waals surface area contributed by atoms with E-state index in [4.69, 9.17) is 0 Å². The number of carbonyl (C=O) groups excluding carboxylic acids is 3. The maximum atomic E-state index is 11.8. The monoisotopic (exact) mass is 283 g/mol. The van der Waals surface area contributed by atoms with Crippen LogP contribution in [0.4, 0.5) is 5.13 Å². The number of hydrogen-bond acceptors (Lipinski definition) is 7. The summed E-state index contributed by atoms with van der Waals surface area (Å²) in [6, 6.07) is 0. The first kappa shape index (κ1) is 13.5. The number of amides is 2. The summed E-state index contributed by atoms with van der Waals surface area (Å²) in [6.07, 6.45) is 0. The lowest BCUT2D eigenvalue weighted by Gasteiger charge is -2.39. The van der Waals surface area contributed by atoms with E-state index in [0.29, 0.717) is 5.13 Å². The average molecular weight is 283 g/mol. The molecule has 1 aliphatic rings. The van der Waals surface area contributed by atoms with Gasteiger partial charge in [-0.1, -0.05) is 0 Å². The summed E-state index contributed by atoms with van der Waals surface area (Å²) in [6.45, 7) is 3.40. The van der Waals surface area contributed by atoms with E-state index >= 15 is 0 Å². The normalized spacial score (nSPS) is 18.2. The van der Waals surface area contributed by atoms with Crippen molar-refractivity contribution in [2.45, 2.75) is 19.4 Å². The molecule has 0 spiro atoms. The van der Waals surface area contributed by atoms with Gasteiger partial charge in [-0.05, 0) is 13.8 Å². The molecule has 102 valence electrons. The number of methoxy groups -OCH3 is 1. The minimum atomic E-state index is -0.904. The lowest BCUT2D eigenvalue weighted by Crippen LogP contribution is -2.64. The Hall–Kier alpha value is -1.96. The summed E-state index contributed by atoms with van der Waals surface area (Å²) >= 11 is 1.19. The summed E-state index contributed by atoms with van der Waals surface area (Å²) < 4.78 is 4.57. The molecule has 8 heteroatoms. The van der Waals surface area contributed by atoms with Crippen molar-refractivity contribution in [2.75, 3.05) is 18.6 Å². The molecular formula is C11H13N3O4S. The third-order valence-corrected chi connectivity index (χ3v) is 3.77. The highest BCUT2D eigenvalue weighted by molar-refractivity contribution is 7.14. The zero-order chi connectivity index (χ0) is 14.2. The molecule has 1 aromatic rings. The summed E-state index contributed by atoms with van der Waals surface area (Å²) in [5, 5.41) is 4.25. The largest absolute Gasteiger partial charge is 0.464 e. The first-order valence-electron chi connectivity index (χ1n) is 5.52. The van der Waals surface area contributed by atoms with Crippen LogP contribution in [0.25, 0.3) is 0 Å². The lowest BCUT2D eigenvalue weighted by molar-refractivity contribution is -0.135. The first-order valence-corrected chi connectivity index (χ1v) is 6.40. The number of aromatic nitrogens is 1. The van der Waals surface area contributed by atoms with Crippen molar-refractivity contribution >= 4 is 34.3 Å². The number of nitrogens with one attached hydrogen (secondary N) is 1. The molecule has 2 rings (SSSR count). The minimum absolute atomic E-state index is 0.0207. The number of imide groups is 1. The fraction of sp³-hybridized carbons (Fsp3) is 0.455. The van der Waals surface area contributed by atoms with Gasteiger partial charge >= 0.3 is 5.97 Å². The third kappa shape index (κ3) is 2.30. The molecule has 0 aromatic carbocycles. The smallest absolute Gasteiger partial charge is 0.357 e. The van der Waals surface area contributed by atoms with Gasteiger partial charge in [0, 0.05) is 5.38 Å². The van der Waals surface area contributed by atoms with Gasteiger partial charge in [0.1, 0.15) is 12.1 Å². The van der Waals surface area contributed by atoms with Crippen molar-refractivity contribution in [3.8, 4) is 0 Å². The standard InChI is InChI=1S/C11H13N3O4S/c1-11(2)9(17)13-7(15)4-14(11)10-12-6(5-19-10)8(16)18-3/h5H,4H2,1-3H3,(H,13,15,17). The number of nitrogens with zero attached hydrogens (tertiary/aromatic N) is 2. The predicted octanol–water partition coefficient (Wildman–Crippen LogP) is 0.171. The molecule has 1 N–H and O–H groups in total. The molecule has 1 aromatic heterocycles. The molecule has 0 saturated carbocycles. The van der Waals surface area contributed by atoms with E-state index in [2.05, 4.69) is 15.0 Å². The number of esters is 1. The number of rotatable bonds is 2. The Morgan fingerprint density at radius 2 is 2.21 bits per heavy atom. The molecule has 7 nitrogen and oxygen atoms in total. The fourth-order valence-corrected chi connectivity index (χ4v) is 2.61. The van der Waals surface area contributed by atoms with Gasteiger partial charge in [0.05, 0.1) is 7.11 Å². The number of anilines is 1. The molecule has 19 heavy (non-hydrogen) atoms. The Labute approximate surface area is 113 Å². The van der Waals surface area contributed by atoms with Crippen molar-refractivity contribution in [2.24, 2.45) is 0 Å². The van der Waals surface area contributed by atoms with Crippen LogP contribution >= 0.6 is 11.3 Å². The molecule has 2 amide bonds. The number of ether oxygens (including phenoxy) is 1.